The summed E-state index contributed by atoms with van der Waals surface area (Å²) in [5.41, 5.74) is 6.03. The Kier molecular flexibility index (Phi) is 4.01. The van der Waals surface area contributed by atoms with Gasteiger partial charge in [-0.2, -0.15) is 0 Å². The Balaban J connectivity index is 1.57. The number of ether oxygens (including phenoxy) is 1. The monoisotopic (exact) mass is 361 g/mol. The van der Waals surface area contributed by atoms with Crippen LogP contribution in [0.25, 0.3) is 11.0 Å². The maximum Gasteiger partial charge on any atom is 0.339 e. The van der Waals surface area contributed by atoms with Crippen molar-refractivity contribution in [3.05, 3.63) is 74.6 Å². The molecule has 2 aromatic carbocycles. The SMILES string of the molecule is Cc1c2c(cc3c4c(c(=O)oc13)CCCC4)CN(Cc1ccccc1)CO2. The van der Waals surface area contributed by atoms with Gasteiger partial charge in [0, 0.05) is 35.2 Å². The molecule has 27 heavy (non-hydrogen) atoms. The van der Waals surface area contributed by atoms with Gasteiger partial charge in [-0.25, -0.2) is 4.79 Å². The third kappa shape index (κ3) is 2.85. The van der Waals surface area contributed by atoms with E-state index in [0.29, 0.717) is 12.3 Å². The van der Waals surface area contributed by atoms with Crippen molar-refractivity contribution >= 4 is 11.0 Å². The summed E-state index contributed by atoms with van der Waals surface area (Å²) >= 11 is 0. The predicted octanol–water partition coefficient (Wildman–Crippen LogP) is 4.33. The van der Waals surface area contributed by atoms with Gasteiger partial charge in [0.2, 0.25) is 0 Å². The summed E-state index contributed by atoms with van der Waals surface area (Å²) in [5.74, 6) is 0.880. The number of fused-ring (bicyclic) bond motifs is 4. The van der Waals surface area contributed by atoms with Crippen molar-refractivity contribution in [3.8, 4) is 5.75 Å². The van der Waals surface area contributed by atoms with Gasteiger partial charge >= 0.3 is 5.63 Å². The van der Waals surface area contributed by atoms with E-state index in [1.54, 1.807) is 0 Å². The third-order valence-corrected chi connectivity index (χ3v) is 5.80. The van der Waals surface area contributed by atoms with Crippen LogP contribution in [0.15, 0.2) is 45.6 Å². The standard InChI is InChI=1S/C23H23NO3/c1-15-21-17(13-24(14-26-21)12-16-7-3-2-4-8-16)11-20-18-9-5-6-10-19(18)23(25)27-22(15)20/h2-4,7-8,11H,5-6,9-10,12-14H2,1H3. The molecule has 3 aromatic rings. The molecule has 0 saturated carbocycles. The zero-order chi connectivity index (χ0) is 18.4. The van der Waals surface area contributed by atoms with Gasteiger partial charge in [0.05, 0.1) is 0 Å². The van der Waals surface area contributed by atoms with Gasteiger partial charge < -0.3 is 9.15 Å². The van der Waals surface area contributed by atoms with Crippen LogP contribution in [0.3, 0.4) is 0 Å². The van der Waals surface area contributed by atoms with Crippen LogP contribution in [0.1, 0.15) is 40.7 Å². The number of aryl methyl sites for hydroxylation is 2. The summed E-state index contributed by atoms with van der Waals surface area (Å²) in [6.45, 7) is 4.25. The lowest BCUT2D eigenvalue weighted by molar-refractivity contribution is 0.0881. The third-order valence-electron chi connectivity index (χ3n) is 5.80. The van der Waals surface area contributed by atoms with E-state index < -0.39 is 0 Å². The van der Waals surface area contributed by atoms with Crippen molar-refractivity contribution in [2.24, 2.45) is 0 Å². The molecular weight excluding hydrogens is 338 g/mol. The molecule has 0 N–H and O–H groups in total. The molecule has 0 saturated heterocycles. The molecule has 2 aliphatic rings. The normalized spacial score (nSPS) is 16.6. The van der Waals surface area contributed by atoms with Crippen LogP contribution < -0.4 is 10.4 Å². The number of nitrogens with zero attached hydrogens (tertiary/aromatic N) is 1. The van der Waals surface area contributed by atoms with Crippen LogP contribution in [-0.2, 0) is 25.9 Å². The smallest absolute Gasteiger partial charge is 0.339 e. The Hall–Kier alpha value is -2.59. The summed E-state index contributed by atoms with van der Waals surface area (Å²) in [6, 6.07) is 12.7. The van der Waals surface area contributed by atoms with Crippen molar-refractivity contribution in [1.82, 2.24) is 4.90 Å². The first-order chi connectivity index (χ1) is 13.2. The van der Waals surface area contributed by atoms with E-state index in [4.69, 9.17) is 9.15 Å². The molecule has 1 aromatic heterocycles. The molecule has 0 fully saturated rings. The fraction of sp³-hybridized carbons (Fsp3) is 0.348. The fourth-order valence-electron chi connectivity index (χ4n) is 4.49. The van der Waals surface area contributed by atoms with Crippen molar-refractivity contribution in [3.63, 3.8) is 0 Å². The van der Waals surface area contributed by atoms with Crippen molar-refractivity contribution in [2.75, 3.05) is 6.73 Å². The molecule has 1 aliphatic heterocycles. The summed E-state index contributed by atoms with van der Waals surface area (Å²) in [6.07, 6.45) is 4.00. The molecule has 0 spiro atoms. The van der Waals surface area contributed by atoms with Gasteiger partial charge in [0.1, 0.15) is 18.1 Å². The molecular formula is C23H23NO3. The Morgan fingerprint density at radius 1 is 1.07 bits per heavy atom. The molecule has 0 radical (unpaired) electrons. The van der Waals surface area contributed by atoms with Crippen molar-refractivity contribution in [2.45, 2.75) is 45.7 Å². The number of hydrogen-bond acceptors (Lipinski definition) is 4. The molecule has 4 heteroatoms. The second-order valence-corrected chi connectivity index (χ2v) is 7.67. The minimum Gasteiger partial charge on any atom is -0.477 e. The number of hydrogen-bond donors (Lipinski definition) is 0. The summed E-state index contributed by atoms with van der Waals surface area (Å²) in [7, 11) is 0. The highest BCUT2D eigenvalue weighted by atomic mass is 16.5. The summed E-state index contributed by atoms with van der Waals surface area (Å²) in [5, 5.41) is 1.10. The molecule has 2 heterocycles. The molecule has 5 rings (SSSR count). The van der Waals surface area contributed by atoms with Gasteiger partial charge in [-0.3, -0.25) is 4.90 Å². The Bertz CT molecular complexity index is 1070. The van der Waals surface area contributed by atoms with Crippen LogP contribution >= 0.6 is 0 Å². The highest BCUT2D eigenvalue weighted by Crippen LogP contribution is 2.37. The van der Waals surface area contributed by atoms with E-state index in [9.17, 15) is 4.79 Å². The Morgan fingerprint density at radius 2 is 1.85 bits per heavy atom. The van der Waals surface area contributed by atoms with Crippen LogP contribution in [0.5, 0.6) is 5.75 Å². The maximum absolute atomic E-state index is 12.4. The highest BCUT2D eigenvalue weighted by Gasteiger charge is 2.25. The second kappa shape index (κ2) is 6.54. The van der Waals surface area contributed by atoms with Crippen LogP contribution in [0, 0.1) is 6.92 Å². The van der Waals surface area contributed by atoms with Crippen molar-refractivity contribution in [1.29, 1.82) is 0 Å². The quantitative estimate of drug-likeness (QED) is 0.637. The summed E-state index contributed by atoms with van der Waals surface area (Å²) < 4.78 is 11.8. The predicted molar refractivity (Wildman–Crippen MR) is 105 cm³/mol. The van der Waals surface area contributed by atoms with Gasteiger partial charge in [-0.05, 0) is 49.8 Å². The van der Waals surface area contributed by atoms with Gasteiger partial charge in [0.25, 0.3) is 0 Å². The van der Waals surface area contributed by atoms with E-state index in [-0.39, 0.29) is 5.63 Å². The Labute approximate surface area is 158 Å². The maximum atomic E-state index is 12.4. The molecule has 0 unspecified atom stereocenters. The van der Waals surface area contributed by atoms with Crippen LogP contribution in [0.2, 0.25) is 0 Å². The first-order valence-corrected chi connectivity index (χ1v) is 9.71. The van der Waals surface area contributed by atoms with E-state index in [2.05, 4.69) is 35.2 Å². The highest BCUT2D eigenvalue weighted by molar-refractivity contribution is 5.87. The van der Waals surface area contributed by atoms with Gasteiger partial charge in [-0.15, -0.1) is 0 Å². The first-order valence-electron chi connectivity index (χ1n) is 9.71. The van der Waals surface area contributed by atoms with E-state index in [0.717, 1.165) is 61.0 Å². The minimum atomic E-state index is -0.165. The molecule has 0 amide bonds. The average molecular weight is 361 g/mol. The fourth-order valence-corrected chi connectivity index (χ4v) is 4.49. The second-order valence-electron chi connectivity index (χ2n) is 7.67. The van der Waals surface area contributed by atoms with Gasteiger partial charge in [-0.1, -0.05) is 30.3 Å². The molecule has 0 bridgehead atoms. The van der Waals surface area contributed by atoms with E-state index in [1.165, 1.54) is 16.7 Å². The van der Waals surface area contributed by atoms with E-state index in [1.807, 2.05) is 13.0 Å². The largest absolute Gasteiger partial charge is 0.477 e. The van der Waals surface area contributed by atoms with Crippen molar-refractivity contribution < 1.29 is 9.15 Å². The lowest BCUT2D eigenvalue weighted by Gasteiger charge is -2.30. The molecule has 0 atom stereocenters. The molecule has 138 valence electrons. The molecule has 4 nitrogen and oxygen atoms in total. The lowest BCUT2D eigenvalue weighted by Crippen LogP contribution is -2.32. The van der Waals surface area contributed by atoms with Gasteiger partial charge in [0.15, 0.2) is 0 Å². The van der Waals surface area contributed by atoms with Crippen LogP contribution in [0.4, 0.5) is 0 Å². The zero-order valence-corrected chi connectivity index (χ0v) is 15.6. The lowest BCUT2D eigenvalue weighted by atomic mass is 9.89. The van der Waals surface area contributed by atoms with E-state index >= 15 is 0 Å². The zero-order valence-electron chi connectivity index (χ0n) is 15.6. The first kappa shape index (κ1) is 16.6. The van der Waals surface area contributed by atoms with Crippen LogP contribution in [-0.4, -0.2) is 11.6 Å². The minimum absolute atomic E-state index is 0.165. The topological polar surface area (TPSA) is 42.7 Å². The number of rotatable bonds is 2. The number of benzene rings is 2. The average Bonchev–Trinajstić information content (AvgIpc) is 2.70. The molecule has 1 aliphatic carbocycles. The Morgan fingerprint density at radius 3 is 2.67 bits per heavy atom. The summed E-state index contributed by atoms with van der Waals surface area (Å²) in [4.78, 5) is 14.7.